The summed E-state index contributed by atoms with van der Waals surface area (Å²) in [6.45, 7) is 8.52. The highest BCUT2D eigenvalue weighted by Gasteiger charge is 2.15. The topological polar surface area (TPSA) is 50.8 Å². The Morgan fingerprint density at radius 2 is 2.05 bits per heavy atom. The van der Waals surface area contributed by atoms with Crippen LogP contribution in [0, 0.1) is 5.82 Å². The lowest BCUT2D eigenvalue weighted by Crippen LogP contribution is -2.36. The second kappa shape index (κ2) is 9.18. The van der Waals surface area contributed by atoms with Crippen molar-refractivity contribution in [3.63, 3.8) is 0 Å². The molecule has 5 nitrogen and oxygen atoms in total. The van der Waals surface area contributed by atoms with Gasteiger partial charge in [-0.25, -0.2) is 9.18 Å². The number of hydrogen-bond acceptors (Lipinski definition) is 4. The minimum atomic E-state index is -0.582. The maximum atomic E-state index is 14.0. The zero-order valence-electron chi connectivity index (χ0n) is 12.8. The molecule has 1 aromatic rings. The van der Waals surface area contributed by atoms with Crippen LogP contribution in [0.2, 0.25) is 0 Å². The van der Waals surface area contributed by atoms with Crippen molar-refractivity contribution in [2.75, 3.05) is 43.1 Å². The van der Waals surface area contributed by atoms with Gasteiger partial charge in [-0.15, -0.1) is 0 Å². The van der Waals surface area contributed by atoms with Crippen molar-refractivity contribution >= 4 is 17.5 Å². The highest BCUT2D eigenvalue weighted by Crippen LogP contribution is 2.23. The molecule has 6 heteroatoms. The van der Waals surface area contributed by atoms with Gasteiger partial charge in [-0.05, 0) is 25.1 Å². The summed E-state index contributed by atoms with van der Waals surface area (Å²) >= 11 is 0. The zero-order valence-corrected chi connectivity index (χ0v) is 12.8. The number of ether oxygens (including phenoxy) is 2. The zero-order chi connectivity index (χ0) is 15.7. The van der Waals surface area contributed by atoms with Crippen LogP contribution in [-0.2, 0) is 9.47 Å². The van der Waals surface area contributed by atoms with E-state index in [0.717, 1.165) is 0 Å². The molecule has 118 valence electrons. The Balaban J connectivity index is 0.00000106. The second-order valence-corrected chi connectivity index (χ2v) is 4.11. The minimum Gasteiger partial charge on any atom is -0.450 e. The van der Waals surface area contributed by atoms with Crippen molar-refractivity contribution < 1.29 is 18.7 Å². The van der Waals surface area contributed by atoms with E-state index in [1.807, 2.05) is 18.7 Å². The number of carbonyl (C=O) groups is 1. The van der Waals surface area contributed by atoms with Gasteiger partial charge in [-0.1, -0.05) is 13.8 Å². The molecule has 21 heavy (non-hydrogen) atoms. The monoisotopic (exact) mass is 298 g/mol. The molecule has 0 radical (unpaired) electrons. The van der Waals surface area contributed by atoms with Gasteiger partial charge in [0.2, 0.25) is 0 Å². The van der Waals surface area contributed by atoms with Gasteiger partial charge in [0.05, 0.1) is 25.5 Å². The lowest BCUT2D eigenvalue weighted by atomic mass is 10.2. The standard InChI is InChI=1S/C13H17FN2O3.C2H6/c1-2-19-13(17)15-10-3-4-12(11(14)9-10)16-5-7-18-8-6-16;1-2/h3-4,9H,2,5-8H2,1H3,(H,15,17);1-2H3. The van der Waals surface area contributed by atoms with Gasteiger partial charge in [-0.3, -0.25) is 5.32 Å². The first-order valence-corrected chi connectivity index (χ1v) is 7.26. The lowest BCUT2D eigenvalue weighted by Gasteiger charge is -2.29. The number of rotatable bonds is 3. The first kappa shape index (κ1) is 17.2. The van der Waals surface area contributed by atoms with E-state index in [1.54, 1.807) is 19.1 Å². The third kappa shape index (κ3) is 5.23. The van der Waals surface area contributed by atoms with Gasteiger partial charge in [0, 0.05) is 18.8 Å². The van der Waals surface area contributed by atoms with Crippen LogP contribution in [0.5, 0.6) is 0 Å². The van der Waals surface area contributed by atoms with Gasteiger partial charge in [0.1, 0.15) is 5.82 Å². The van der Waals surface area contributed by atoms with E-state index >= 15 is 0 Å². The molecule has 1 aliphatic rings. The molecule has 0 aliphatic carbocycles. The Bertz CT molecular complexity index is 449. The number of nitrogens with one attached hydrogen (secondary N) is 1. The summed E-state index contributed by atoms with van der Waals surface area (Å²) in [6.07, 6.45) is -0.582. The quantitative estimate of drug-likeness (QED) is 0.930. The van der Waals surface area contributed by atoms with Gasteiger partial charge in [0.15, 0.2) is 0 Å². The molecule has 1 fully saturated rings. The highest BCUT2D eigenvalue weighted by atomic mass is 19.1. The van der Waals surface area contributed by atoms with Gasteiger partial charge in [-0.2, -0.15) is 0 Å². The summed E-state index contributed by atoms with van der Waals surface area (Å²) in [7, 11) is 0. The largest absolute Gasteiger partial charge is 0.450 e. The predicted octanol–water partition coefficient (Wildman–Crippen LogP) is 3.26. The van der Waals surface area contributed by atoms with Gasteiger partial charge < -0.3 is 14.4 Å². The third-order valence-corrected chi connectivity index (χ3v) is 2.82. The van der Waals surface area contributed by atoms with Crippen LogP contribution in [-0.4, -0.2) is 39.0 Å². The van der Waals surface area contributed by atoms with Crippen LogP contribution >= 0.6 is 0 Å². The van der Waals surface area contributed by atoms with Crippen molar-refractivity contribution in [3.05, 3.63) is 24.0 Å². The van der Waals surface area contributed by atoms with Gasteiger partial charge in [0.25, 0.3) is 0 Å². The summed E-state index contributed by atoms with van der Waals surface area (Å²) in [5, 5.41) is 2.47. The molecule has 0 unspecified atom stereocenters. The molecule has 0 bridgehead atoms. The van der Waals surface area contributed by atoms with Crippen LogP contribution < -0.4 is 10.2 Å². The molecule has 0 saturated carbocycles. The predicted molar refractivity (Wildman–Crippen MR) is 81.4 cm³/mol. The van der Waals surface area contributed by atoms with E-state index in [-0.39, 0.29) is 12.4 Å². The first-order valence-electron chi connectivity index (χ1n) is 7.26. The fraction of sp³-hybridized carbons (Fsp3) is 0.533. The maximum absolute atomic E-state index is 14.0. The van der Waals surface area contributed by atoms with Gasteiger partial charge >= 0.3 is 6.09 Å². The van der Waals surface area contributed by atoms with E-state index in [9.17, 15) is 9.18 Å². The number of benzene rings is 1. The SMILES string of the molecule is CC.CCOC(=O)Nc1ccc(N2CCOCC2)c(F)c1. The van der Waals surface area contributed by atoms with Crippen molar-refractivity contribution in [1.82, 2.24) is 0 Å². The third-order valence-electron chi connectivity index (χ3n) is 2.82. The van der Waals surface area contributed by atoms with Crippen LogP contribution in [0.25, 0.3) is 0 Å². The Morgan fingerprint density at radius 1 is 1.38 bits per heavy atom. The summed E-state index contributed by atoms with van der Waals surface area (Å²) in [5.74, 6) is -0.365. The molecule has 1 aromatic carbocycles. The van der Waals surface area contributed by atoms with E-state index in [0.29, 0.717) is 37.7 Å². The Labute approximate surface area is 125 Å². The van der Waals surface area contributed by atoms with Crippen molar-refractivity contribution in [2.45, 2.75) is 20.8 Å². The number of hydrogen-bond donors (Lipinski definition) is 1. The molecule has 1 N–H and O–H groups in total. The molecule has 0 spiro atoms. The molecule has 0 atom stereocenters. The molecule has 1 saturated heterocycles. The molecule has 1 aliphatic heterocycles. The average Bonchev–Trinajstić information content (AvgIpc) is 2.50. The van der Waals surface area contributed by atoms with E-state index in [1.165, 1.54) is 6.07 Å². The van der Waals surface area contributed by atoms with E-state index < -0.39 is 6.09 Å². The first-order chi connectivity index (χ1) is 10.2. The Kier molecular flexibility index (Phi) is 7.53. The van der Waals surface area contributed by atoms with Crippen LogP contribution in [0.4, 0.5) is 20.6 Å². The summed E-state index contributed by atoms with van der Waals surface area (Å²) in [4.78, 5) is 13.2. The van der Waals surface area contributed by atoms with Crippen molar-refractivity contribution in [2.24, 2.45) is 0 Å². The highest BCUT2D eigenvalue weighted by molar-refractivity contribution is 5.84. The number of carbonyl (C=O) groups excluding carboxylic acids is 1. The van der Waals surface area contributed by atoms with E-state index in [2.05, 4.69) is 5.32 Å². The number of morpholine rings is 1. The fourth-order valence-electron chi connectivity index (χ4n) is 1.93. The van der Waals surface area contributed by atoms with Crippen LogP contribution in [0.3, 0.4) is 0 Å². The fourth-order valence-corrected chi connectivity index (χ4v) is 1.93. The number of amides is 1. The normalized spacial score (nSPS) is 14.0. The number of anilines is 2. The molecule has 2 rings (SSSR count). The van der Waals surface area contributed by atoms with Crippen LogP contribution in [0.1, 0.15) is 20.8 Å². The summed E-state index contributed by atoms with van der Waals surface area (Å²) in [6, 6.07) is 4.61. The lowest BCUT2D eigenvalue weighted by molar-refractivity contribution is 0.122. The Morgan fingerprint density at radius 3 is 2.62 bits per heavy atom. The molecule has 1 amide bonds. The molecule has 1 heterocycles. The number of nitrogens with zero attached hydrogens (tertiary/aromatic N) is 1. The molecular formula is C15H23FN2O3. The summed E-state index contributed by atoms with van der Waals surface area (Å²) in [5.41, 5.74) is 0.908. The maximum Gasteiger partial charge on any atom is 0.411 e. The van der Waals surface area contributed by atoms with E-state index in [4.69, 9.17) is 9.47 Å². The van der Waals surface area contributed by atoms with Crippen LogP contribution in [0.15, 0.2) is 18.2 Å². The average molecular weight is 298 g/mol. The van der Waals surface area contributed by atoms with Crippen molar-refractivity contribution in [1.29, 1.82) is 0 Å². The van der Waals surface area contributed by atoms with Crippen molar-refractivity contribution in [3.8, 4) is 0 Å². The number of halogens is 1. The minimum absolute atomic E-state index is 0.278. The second-order valence-electron chi connectivity index (χ2n) is 4.11. The summed E-state index contributed by atoms with van der Waals surface area (Å²) < 4.78 is 24.0. The molecule has 0 aromatic heterocycles. The molecular weight excluding hydrogens is 275 g/mol. The Hall–Kier alpha value is -1.82. The smallest absolute Gasteiger partial charge is 0.411 e.